The second kappa shape index (κ2) is 4.25. The van der Waals surface area contributed by atoms with Crippen LogP contribution in [-0.4, -0.2) is 18.3 Å². The molecule has 3 nitrogen and oxygen atoms in total. The molecule has 5 heteroatoms. The number of rotatable bonds is 1. The molecule has 1 heterocycles. The molecule has 1 aromatic rings. The summed E-state index contributed by atoms with van der Waals surface area (Å²) in [6.45, 7) is 10.2. The Morgan fingerprint density at radius 1 is 1.11 bits per heavy atom. The van der Waals surface area contributed by atoms with Gasteiger partial charge in [-0.2, -0.15) is 0 Å². The zero-order chi connectivity index (χ0) is 13.7. The minimum atomic E-state index is -0.366. The summed E-state index contributed by atoms with van der Waals surface area (Å²) >= 11 is 3.46. The lowest BCUT2D eigenvalue weighted by atomic mass is 9.76. The Kier molecular flexibility index (Phi) is 3.29. The van der Waals surface area contributed by atoms with Crippen LogP contribution < -0.4 is 11.2 Å². The second-order valence-electron chi connectivity index (χ2n) is 5.80. The number of benzene rings is 1. The molecule has 0 saturated carbocycles. The van der Waals surface area contributed by atoms with Gasteiger partial charge in [-0.25, -0.2) is 0 Å². The number of nitrogen functional groups attached to an aromatic ring is 1. The Bertz CT molecular complexity index is 472. The maximum Gasteiger partial charge on any atom is 0.495 e. The molecule has 1 saturated heterocycles. The molecule has 1 aliphatic heterocycles. The maximum atomic E-state index is 6.04. The van der Waals surface area contributed by atoms with Crippen molar-refractivity contribution in [3.05, 3.63) is 22.2 Å². The van der Waals surface area contributed by atoms with Crippen molar-refractivity contribution in [2.45, 2.75) is 45.8 Å². The number of halogens is 1. The second-order valence-corrected chi connectivity index (χ2v) is 6.71. The molecule has 0 spiro atoms. The van der Waals surface area contributed by atoms with E-state index in [9.17, 15) is 0 Å². The molecule has 0 aliphatic carbocycles. The molecule has 0 atom stereocenters. The lowest BCUT2D eigenvalue weighted by Gasteiger charge is -2.32. The maximum absolute atomic E-state index is 6.04. The predicted molar refractivity (Wildman–Crippen MR) is 79.0 cm³/mol. The molecule has 0 bridgehead atoms. The first-order valence-corrected chi connectivity index (χ1v) is 6.84. The van der Waals surface area contributed by atoms with Gasteiger partial charge in [0.1, 0.15) is 0 Å². The highest BCUT2D eigenvalue weighted by Gasteiger charge is 2.52. The van der Waals surface area contributed by atoms with Gasteiger partial charge in [-0.3, -0.25) is 0 Å². The van der Waals surface area contributed by atoms with Gasteiger partial charge in [0.25, 0.3) is 0 Å². The van der Waals surface area contributed by atoms with Crippen molar-refractivity contribution in [3.63, 3.8) is 0 Å². The fourth-order valence-corrected chi connectivity index (χ4v) is 2.43. The largest absolute Gasteiger partial charge is 0.495 e. The van der Waals surface area contributed by atoms with Crippen LogP contribution in [0.15, 0.2) is 16.6 Å². The van der Waals surface area contributed by atoms with Crippen molar-refractivity contribution >= 4 is 34.2 Å². The number of nitrogens with two attached hydrogens (primary N) is 1. The summed E-state index contributed by atoms with van der Waals surface area (Å²) in [5.41, 5.74) is 8.06. The van der Waals surface area contributed by atoms with Crippen LogP contribution in [0.2, 0.25) is 0 Å². The van der Waals surface area contributed by atoms with Gasteiger partial charge < -0.3 is 15.0 Å². The Morgan fingerprint density at radius 3 is 2.11 bits per heavy atom. The van der Waals surface area contributed by atoms with E-state index in [0.29, 0.717) is 0 Å². The summed E-state index contributed by atoms with van der Waals surface area (Å²) in [5, 5.41) is 0. The van der Waals surface area contributed by atoms with Crippen LogP contribution in [0.5, 0.6) is 0 Å². The van der Waals surface area contributed by atoms with E-state index in [1.807, 2.05) is 46.8 Å². The van der Waals surface area contributed by atoms with Crippen LogP contribution in [-0.2, 0) is 9.31 Å². The normalized spacial score (nSPS) is 21.3. The van der Waals surface area contributed by atoms with Crippen LogP contribution in [0.25, 0.3) is 0 Å². The van der Waals surface area contributed by atoms with Crippen molar-refractivity contribution in [1.29, 1.82) is 0 Å². The minimum Gasteiger partial charge on any atom is -0.399 e. The molecule has 2 rings (SSSR count). The van der Waals surface area contributed by atoms with Gasteiger partial charge in [-0.15, -0.1) is 0 Å². The van der Waals surface area contributed by atoms with Crippen LogP contribution >= 0.6 is 15.9 Å². The molecule has 0 unspecified atom stereocenters. The van der Waals surface area contributed by atoms with Gasteiger partial charge >= 0.3 is 7.12 Å². The molecule has 0 radical (unpaired) electrons. The highest BCUT2D eigenvalue weighted by atomic mass is 79.9. The quantitative estimate of drug-likeness (QED) is 0.640. The van der Waals surface area contributed by atoms with E-state index in [4.69, 9.17) is 15.0 Å². The van der Waals surface area contributed by atoms with Crippen LogP contribution in [0.3, 0.4) is 0 Å². The van der Waals surface area contributed by atoms with E-state index in [2.05, 4.69) is 15.9 Å². The molecule has 2 N–H and O–H groups in total. The van der Waals surface area contributed by atoms with Crippen LogP contribution in [0.4, 0.5) is 5.69 Å². The Balaban J connectivity index is 2.41. The molecule has 98 valence electrons. The summed E-state index contributed by atoms with van der Waals surface area (Å²) in [5.74, 6) is 0. The SMILES string of the molecule is Cc1c(N)cc(Br)cc1B1OC(C)(C)C(C)(C)O1. The average molecular weight is 312 g/mol. The van der Waals surface area contributed by atoms with Crippen molar-refractivity contribution < 1.29 is 9.31 Å². The van der Waals surface area contributed by atoms with Gasteiger partial charge in [0.15, 0.2) is 0 Å². The fraction of sp³-hybridized carbons (Fsp3) is 0.538. The first-order valence-electron chi connectivity index (χ1n) is 6.05. The van der Waals surface area contributed by atoms with Gasteiger partial charge in [-0.05, 0) is 57.8 Å². The fourth-order valence-electron chi connectivity index (χ4n) is 1.94. The minimum absolute atomic E-state index is 0.332. The molecule has 1 aromatic carbocycles. The predicted octanol–water partition coefficient (Wildman–Crippen LogP) is 2.64. The Labute approximate surface area is 117 Å². The van der Waals surface area contributed by atoms with Gasteiger partial charge in [0, 0.05) is 10.2 Å². The van der Waals surface area contributed by atoms with Crippen molar-refractivity contribution in [2.75, 3.05) is 5.73 Å². The zero-order valence-electron chi connectivity index (χ0n) is 11.5. The third-order valence-electron chi connectivity index (χ3n) is 3.96. The van der Waals surface area contributed by atoms with E-state index in [0.717, 1.165) is 21.2 Å². The third kappa shape index (κ3) is 2.19. The van der Waals surface area contributed by atoms with Gasteiger partial charge in [-0.1, -0.05) is 15.9 Å². The number of anilines is 1. The third-order valence-corrected chi connectivity index (χ3v) is 4.42. The standard InChI is InChI=1S/C13H19BBrNO2/c1-8-10(6-9(15)7-11(8)16)14-17-12(2,3)13(4,5)18-14/h6-7H,16H2,1-5H3. The molecule has 0 aromatic heterocycles. The molecular weight excluding hydrogens is 293 g/mol. The summed E-state index contributed by atoms with van der Waals surface area (Å²) < 4.78 is 13.0. The molecule has 0 amide bonds. The first kappa shape index (κ1) is 13.9. The molecule has 18 heavy (non-hydrogen) atoms. The van der Waals surface area contributed by atoms with Gasteiger partial charge in [0.2, 0.25) is 0 Å². The summed E-state index contributed by atoms with van der Waals surface area (Å²) in [6.07, 6.45) is 0. The van der Waals surface area contributed by atoms with E-state index in [-0.39, 0.29) is 18.3 Å². The summed E-state index contributed by atoms with van der Waals surface area (Å²) in [4.78, 5) is 0. The van der Waals surface area contributed by atoms with Crippen LogP contribution in [0.1, 0.15) is 33.3 Å². The van der Waals surface area contributed by atoms with E-state index in [1.165, 1.54) is 0 Å². The summed E-state index contributed by atoms with van der Waals surface area (Å²) in [7, 11) is -0.366. The monoisotopic (exact) mass is 311 g/mol. The lowest BCUT2D eigenvalue weighted by Crippen LogP contribution is -2.41. The number of hydrogen-bond acceptors (Lipinski definition) is 3. The number of hydrogen-bond donors (Lipinski definition) is 1. The molecule has 1 aliphatic rings. The molecular formula is C13H19BBrNO2. The van der Waals surface area contributed by atoms with Gasteiger partial charge in [0.05, 0.1) is 11.2 Å². The van der Waals surface area contributed by atoms with Crippen molar-refractivity contribution in [1.82, 2.24) is 0 Å². The highest BCUT2D eigenvalue weighted by molar-refractivity contribution is 9.10. The first-order chi connectivity index (χ1) is 8.14. The Hall–Kier alpha value is -0.515. The zero-order valence-corrected chi connectivity index (χ0v) is 13.1. The van der Waals surface area contributed by atoms with E-state index in [1.54, 1.807) is 0 Å². The summed E-state index contributed by atoms with van der Waals surface area (Å²) in [6, 6.07) is 3.90. The average Bonchev–Trinajstić information content (AvgIpc) is 2.42. The lowest BCUT2D eigenvalue weighted by molar-refractivity contribution is 0.00578. The van der Waals surface area contributed by atoms with Crippen molar-refractivity contribution in [3.8, 4) is 0 Å². The van der Waals surface area contributed by atoms with E-state index < -0.39 is 0 Å². The van der Waals surface area contributed by atoms with E-state index >= 15 is 0 Å². The van der Waals surface area contributed by atoms with Crippen LogP contribution in [0, 0.1) is 6.92 Å². The molecule has 1 fully saturated rings. The Morgan fingerprint density at radius 2 is 1.61 bits per heavy atom. The smallest absolute Gasteiger partial charge is 0.399 e. The van der Waals surface area contributed by atoms with Crippen molar-refractivity contribution in [2.24, 2.45) is 0 Å². The highest BCUT2D eigenvalue weighted by Crippen LogP contribution is 2.37. The topological polar surface area (TPSA) is 44.5 Å².